The van der Waals surface area contributed by atoms with E-state index in [0.29, 0.717) is 49.3 Å². The van der Waals surface area contributed by atoms with Gasteiger partial charge in [0.05, 0.1) is 18.4 Å². The number of nitrogens with zero attached hydrogens (tertiary/aromatic N) is 6. The van der Waals surface area contributed by atoms with E-state index in [0.717, 1.165) is 10.6 Å². The number of likely N-dealkylation sites (tertiary alicyclic amines) is 1. The average molecular weight is 434 g/mol. The molecule has 8 nitrogen and oxygen atoms in total. The molecular weight excluding hydrogens is 413 g/mol. The van der Waals surface area contributed by atoms with Gasteiger partial charge in [-0.25, -0.2) is 19.5 Å². The Morgan fingerprint density at radius 2 is 1.87 bits per heavy atom. The van der Waals surface area contributed by atoms with E-state index >= 15 is 0 Å². The van der Waals surface area contributed by atoms with E-state index in [2.05, 4.69) is 20.1 Å². The molecule has 0 bridgehead atoms. The molecule has 1 fully saturated rings. The highest BCUT2D eigenvalue weighted by Gasteiger charge is 2.36. The largest absolute Gasteiger partial charge is 0.467 e. The van der Waals surface area contributed by atoms with E-state index in [1.165, 1.54) is 19.5 Å². The summed E-state index contributed by atoms with van der Waals surface area (Å²) in [5.74, 6) is -0.242. The van der Waals surface area contributed by atoms with Gasteiger partial charge in [-0.1, -0.05) is 6.92 Å². The zero-order chi connectivity index (χ0) is 22.2. The number of ether oxygens (including phenoxy) is 1. The Balaban J connectivity index is 1.51. The molecule has 0 radical (unpaired) electrons. The third-order valence-electron chi connectivity index (χ3n) is 5.41. The van der Waals surface area contributed by atoms with Gasteiger partial charge in [-0.05, 0) is 25.3 Å². The van der Waals surface area contributed by atoms with Gasteiger partial charge >= 0.3 is 12.2 Å². The highest BCUT2D eigenvalue weighted by atomic mass is 19.4. The molecule has 0 aliphatic carbocycles. The molecule has 3 aromatic heterocycles. The minimum absolute atomic E-state index is 0.0518. The van der Waals surface area contributed by atoms with Gasteiger partial charge in [0.1, 0.15) is 5.69 Å². The average Bonchev–Trinajstić information content (AvgIpc) is 3.21. The molecule has 1 amide bonds. The Kier molecular flexibility index (Phi) is 5.50. The van der Waals surface area contributed by atoms with Crippen LogP contribution < -0.4 is 4.74 Å². The van der Waals surface area contributed by atoms with Crippen molar-refractivity contribution in [2.75, 3.05) is 20.2 Å². The maximum atomic E-state index is 13.5. The fraction of sp³-hybridized carbons (Fsp3) is 0.450. The van der Waals surface area contributed by atoms with Crippen LogP contribution in [0.1, 0.15) is 53.1 Å². The molecule has 31 heavy (non-hydrogen) atoms. The Morgan fingerprint density at radius 1 is 1.19 bits per heavy atom. The van der Waals surface area contributed by atoms with Crippen molar-refractivity contribution < 1.29 is 22.7 Å². The maximum Gasteiger partial charge on any atom is 0.433 e. The van der Waals surface area contributed by atoms with Gasteiger partial charge in [0.15, 0.2) is 5.65 Å². The topological polar surface area (TPSA) is 85.5 Å². The van der Waals surface area contributed by atoms with Crippen LogP contribution in [0.5, 0.6) is 6.01 Å². The molecule has 0 atom stereocenters. The molecule has 0 N–H and O–H groups in total. The number of hydrogen-bond acceptors (Lipinski definition) is 6. The Morgan fingerprint density at radius 3 is 2.45 bits per heavy atom. The molecule has 1 saturated heterocycles. The fourth-order valence-corrected chi connectivity index (χ4v) is 3.72. The van der Waals surface area contributed by atoms with Crippen molar-refractivity contribution in [3.63, 3.8) is 0 Å². The smallest absolute Gasteiger partial charge is 0.433 e. The molecule has 4 heterocycles. The molecule has 0 spiro atoms. The lowest BCUT2D eigenvalue weighted by molar-refractivity contribution is -0.142. The van der Waals surface area contributed by atoms with Crippen LogP contribution in [0.3, 0.4) is 0 Å². The quantitative estimate of drug-likeness (QED) is 0.627. The van der Waals surface area contributed by atoms with Gasteiger partial charge in [0, 0.05) is 43.2 Å². The maximum absolute atomic E-state index is 13.5. The number of hydrogen-bond donors (Lipinski definition) is 0. The Labute approximate surface area is 176 Å². The van der Waals surface area contributed by atoms with Crippen molar-refractivity contribution in [3.05, 3.63) is 47.2 Å². The van der Waals surface area contributed by atoms with Crippen LogP contribution in [-0.2, 0) is 12.6 Å². The predicted molar refractivity (Wildman–Crippen MR) is 104 cm³/mol. The number of fused-ring (bicyclic) bond motifs is 1. The number of alkyl halides is 3. The first-order valence-electron chi connectivity index (χ1n) is 9.92. The van der Waals surface area contributed by atoms with Gasteiger partial charge in [0.2, 0.25) is 0 Å². The monoisotopic (exact) mass is 434 g/mol. The van der Waals surface area contributed by atoms with Gasteiger partial charge in [-0.2, -0.15) is 18.3 Å². The van der Waals surface area contributed by atoms with Gasteiger partial charge in [-0.3, -0.25) is 4.79 Å². The van der Waals surface area contributed by atoms with Gasteiger partial charge < -0.3 is 9.64 Å². The van der Waals surface area contributed by atoms with Crippen molar-refractivity contribution >= 4 is 11.6 Å². The van der Waals surface area contributed by atoms with Gasteiger partial charge in [0.25, 0.3) is 5.91 Å². The number of methoxy groups -OCH3 is 1. The first-order chi connectivity index (χ1) is 14.8. The number of piperidine rings is 1. The second-order valence-corrected chi connectivity index (χ2v) is 7.35. The van der Waals surface area contributed by atoms with Crippen molar-refractivity contribution in [1.29, 1.82) is 0 Å². The van der Waals surface area contributed by atoms with Crippen molar-refractivity contribution in [1.82, 2.24) is 29.5 Å². The molecule has 0 unspecified atom stereocenters. The third kappa shape index (κ3) is 4.17. The van der Waals surface area contributed by atoms with Crippen LogP contribution in [0.4, 0.5) is 13.2 Å². The molecule has 3 aromatic rings. The summed E-state index contributed by atoms with van der Waals surface area (Å²) in [6.07, 6.45) is -0.112. The van der Waals surface area contributed by atoms with E-state index in [9.17, 15) is 18.0 Å². The lowest BCUT2D eigenvalue weighted by Gasteiger charge is -2.31. The van der Waals surface area contributed by atoms with E-state index in [1.807, 2.05) is 0 Å². The molecule has 164 valence electrons. The predicted octanol–water partition coefficient (Wildman–Crippen LogP) is 3.13. The number of rotatable bonds is 4. The molecule has 1 aliphatic rings. The second kappa shape index (κ2) is 8.12. The molecular formula is C20H21F3N6O2. The van der Waals surface area contributed by atoms with Crippen LogP contribution in [0.2, 0.25) is 0 Å². The summed E-state index contributed by atoms with van der Waals surface area (Å²) >= 11 is 0. The molecule has 11 heteroatoms. The Hall–Kier alpha value is -3.24. The number of aryl methyl sites for hydroxylation is 1. The minimum atomic E-state index is -4.52. The Bertz CT molecular complexity index is 1090. The SMILES string of the molecule is CCc1cc(C(F)(F)F)n2nc(C3CCN(C(=O)c4cnc(OC)nc4)CC3)cc2n1. The number of halogens is 3. The van der Waals surface area contributed by atoms with Crippen molar-refractivity contribution in [2.24, 2.45) is 0 Å². The summed E-state index contributed by atoms with van der Waals surface area (Å²) < 4.78 is 46.2. The zero-order valence-electron chi connectivity index (χ0n) is 17.1. The number of carbonyl (C=O) groups is 1. The lowest BCUT2D eigenvalue weighted by atomic mass is 9.93. The summed E-state index contributed by atoms with van der Waals surface area (Å²) in [6, 6.07) is 2.84. The molecule has 4 rings (SSSR count). The van der Waals surface area contributed by atoms with Crippen LogP contribution >= 0.6 is 0 Å². The summed E-state index contributed by atoms with van der Waals surface area (Å²) in [4.78, 5) is 26.5. The number of amides is 1. The van der Waals surface area contributed by atoms with Crippen LogP contribution in [-0.4, -0.2) is 55.6 Å². The van der Waals surface area contributed by atoms with Gasteiger partial charge in [-0.15, -0.1) is 0 Å². The van der Waals surface area contributed by atoms with E-state index in [-0.39, 0.29) is 23.5 Å². The van der Waals surface area contributed by atoms with Crippen LogP contribution in [0, 0.1) is 0 Å². The molecule has 1 aliphatic heterocycles. The summed E-state index contributed by atoms with van der Waals surface area (Å²) in [5.41, 5.74) is 0.654. The highest BCUT2D eigenvalue weighted by Crippen LogP contribution is 2.33. The fourth-order valence-electron chi connectivity index (χ4n) is 3.72. The third-order valence-corrected chi connectivity index (χ3v) is 5.41. The molecule has 0 saturated carbocycles. The molecule has 0 aromatic carbocycles. The minimum Gasteiger partial charge on any atom is -0.467 e. The van der Waals surface area contributed by atoms with E-state index in [1.54, 1.807) is 17.9 Å². The normalized spacial score (nSPS) is 15.5. The van der Waals surface area contributed by atoms with Crippen LogP contribution in [0.15, 0.2) is 24.5 Å². The first-order valence-corrected chi connectivity index (χ1v) is 9.92. The second-order valence-electron chi connectivity index (χ2n) is 7.35. The highest BCUT2D eigenvalue weighted by molar-refractivity contribution is 5.93. The first kappa shape index (κ1) is 21.0. The van der Waals surface area contributed by atoms with Crippen molar-refractivity contribution in [3.8, 4) is 6.01 Å². The number of aromatic nitrogens is 5. The zero-order valence-corrected chi connectivity index (χ0v) is 17.1. The standard InChI is InChI=1S/C20H21F3N6O2/c1-3-14-8-16(20(21,22)23)29-17(26-14)9-15(27-29)12-4-6-28(7-5-12)18(30)13-10-24-19(31-2)25-11-13/h8-12H,3-7H2,1-2H3. The summed E-state index contributed by atoms with van der Waals surface area (Å²) in [6.45, 7) is 2.68. The van der Waals surface area contributed by atoms with E-state index < -0.39 is 11.9 Å². The van der Waals surface area contributed by atoms with Crippen LogP contribution in [0.25, 0.3) is 5.65 Å². The van der Waals surface area contributed by atoms with Crippen molar-refractivity contribution in [2.45, 2.75) is 38.3 Å². The summed E-state index contributed by atoms with van der Waals surface area (Å²) in [7, 11) is 1.44. The van der Waals surface area contributed by atoms with E-state index in [4.69, 9.17) is 4.74 Å². The number of carbonyl (C=O) groups excluding carboxylic acids is 1. The lowest BCUT2D eigenvalue weighted by Crippen LogP contribution is -2.38. The summed E-state index contributed by atoms with van der Waals surface area (Å²) in [5, 5.41) is 4.22.